The molecule has 2 heteroatoms. The Morgan fingerprint density at radius 3 is 2.44 bits per heavy atom. The van der Waals surface area contributed by atoms with Crippen LogP contribution < -0.4 is 5.32 Å². The summed E-state index contributed by atoms with van der Waals surface area (Å²) in [5.41, 5.74) is 0. The smallest absolute Gasteiger partial charge is 0.0106 e. The molecule has 0 bridgehead atoms. The van der Waals surface area contributed by atoms with Gasteiger partial charge in [0, 0.05) is 23.2 Å². The number of thioether (sulfide) groups is 1. The highest BCUT2D eigenvalue weighted by Gasteiger charge is 2.09. The second-order valence-corrected chi connectivity index (χ2v) is 6.14. The first-order chi connectivity index (χ1) is 8.76. The van der Waals surface area contributed by atoms with E-state index < -0.39 is 0 Å². The molecule has 0 aliphatic carbocycles. The maximum Gasteiger partial charge on any atom is 0.0106 e. The second-order valence-electron chi connectivity index (χ2n) is 4.97. The lowest BCUT2D eigenvalue weighted by atomic mass is 9.98. The molecule has 0 amide bonds. The molecule has 0 fully saturated rings. The van der Waals surface area contributed by atoms with Gasteiger partial charge in [-0.1, -0.05) is 45.4 Å². The maximum absolute atomic E-state index is 3.68. The molecule has 1 N–H and O–H groups in total. The van der Waals surface area contributed by atoms with Gasteiger partial charge in [-0.3, -0.25) is 0 Å². The van der Waals surface area contributed by atoms with Crippen molar-refractivity contribution >= 4 is 11.8 Å². The van der Waals surface area contributed by atoms with Crippen LogP contribution in [0.2, 0.25) is 0 Å². The van der Waals surface area contributed by atoms with Crippen molar-refractivity contribution in [1.29, 1.82) is 0 Å². The molecule has 0 aliphatic rings. The fraction of sp³-hybridized carbons (Fsp3) is 0.625. The third-order valence-electron chi connectivity index (χ3n) is 3.42. The van der Waals surface area contributed by atoms with E-state index in [9.17, 15) is 0 Å². The molecule has 0 radical (unpaired) electrons. The molecular formula is C16H27NS. The zero-order valence-electron chi connectivity index (χ0n) is 12.0. The first kappa shape index (κ1) is 15.6. The van der Waals surface area contributed by atoms with E-state index in [0.29, 0.717) is 6.04 Å². The average Bonchev–Trinajstić information content (AvgIpc) is 2.43. The Morgan fingerprint density at radius 2 is 1.83 bits per heavy atom. The molecule has 102 valence electrons. The minimum atomic E-state index is 0.691. The molecule has 0 spiro atoms. The lowest BCUT2D eigenvalue weighted by Gasteiger charge is -2.20. The first-order valence-corrected chi connectivity index (χ1v) is 8.16. The van der Waals surface area contributed by atoms with Gasteiger partial charge in [0.25, 0.3) is 0 Å². The number of hydrogen-bond acceptors (Lipinski definition) is 2. The lowest BCUT2D eigenvalue weighted by molar-refractivity contribution is 0.392. The zero-order chi connectivity index (χ0) is 13.2. The van der Waals surface area contributed by atoms with Gasteiger partial charge in [0.2, 0.25) is 0 Å². The molecule has 0 saturated heterocycles. The summed E-state index contributed by atoms with van der Waals surface area (Å²) >= 11 is 1.94. The first-order valence-electron chi connectivity index (χ1n) is 7.17. The molecule has 1 rings (SSSR count). The number of rotatable bonds is 9. The van der Waals surface area contributed by atoms with Crippen molar-refractivity contribution in [2.24, 2.45) is 5.92 Å². The predicted molar refractivity (Wildman–Crippen MR) is 83.3 cm³/mol. The summed E-state index contributed by atoms with van der Waals surface area (Å²) in [6.07, 6.45) is 3.83. The molecule has 1 aromatic carbocycles. The summed E-state index contributed by atoms with van der Waals surface area (Å²) < 4.78 is 0. The second kappa shape index (κ2) is 9.46. The third-order valence-corrected chi connectivity index (χ3v) is 4.44. The summed E-state index contributed by atoms with van der Waals surface area (Å²) in [5.74, 6) is 1.99. The highest BCUT2D eigenvalue weighted by atomic mass is 32.2. The van der Waals surface area contributed by atoms with Gasteiger partial charge in [0.15, 0.2) is 0 Å². The van der Waals surface area contributed by atoms with Gasteiger partial charge in [0.05, 0.1) is 0 Å². The van der Waals surface area contributed by atoms with E-state index in [1.54, 1.807) is 0 Å². The lowest BCUT2D eigenvalue weighted by Crippen LogP contribution is -2.31. The normalized spacial score (nSPS) is 14.4. The van der Waals surface area contributed by atoms with E-state index in [0.717, 1.165) is 18.2 Å². The summed E-state index contributed by atoms with van der Waals surface area (Å²) in [7, 11) is 0. The van der Waals surface area contributed by atoms with Crippen LogP contribution in [0.4, 0.5) is 0 Å². The predicted octanol–water partition coefficient (Wildman–Crippen LogP) is 4.58. The van der Waals surface area contributed by atoms with Crippen molar-refractivity contribution in [2.45, 2.75) is 51.0 Å². The zero-order valence-corrected chi connectivity index (χ0v) is 12.8. The molecule has 1 nitrogen and oxygen atoms in total. The van der Waals surface area contributed by atoms with Crippen molar-refractivity contribution in [1.82, 2.24) is 5.32 Å². The minimum Gasteiger partial charge on any atom is -0.313 e. The highest BCUT2D eigenvalue weighted by Crippen LogP contribution is 2.16. The third kappa shape index (κ3) is 6.46. The molecule has 1 aromatic rings. The summed E-state index contributed by atoms with van der Waals surface area (Å²) in [5, 5.41) is 3.68. The van der Waals surface area contributed by atoms with Gasteiger partial charge in [-0.2, -0.15) is 0 Å². The molecule has 2 unspecified atom stereocenters. The Hall–Kier alpha value is -0.470. The monoisotopic (exact) mass is 265 g/mol. The Kier molecular flexibility index (Phi) is 8.19. The van der Waals surface area contributed by atoms with E-state index in [1.165, 1.54) is 24.2 Å². The van der Waals surface area contributed by atoms with E-state index >= 15 is 0 Å². The van der Waals surface area contributed by atoms with Gasteiger partial charge >= 0.3 is 0 Å². The number of benzene rings is 1. The molecule has 0 saturated carbocycles. The van der Waals surface area contributed by atoms with E-state index in [1.807, 2.05) is 11.8 Å². The minimum absolute atomic E-state index is 0.691. The van der Waals surface area contributed by atoms with Gasteiger partial charge in [-0.05, 0) is 30.9 Å². The molecule has 0 heterocycles. The highest BCUT2D eigenvalue weighted by molar-refractivity contribution is 7.99. The van der Waals surface area contributed by atoms with Crippen molar-refractivity contribution in [3.8, 4) is 0 Å². The Labute approximate surface area is 117 Å². The Balaban J connectivity index is 2.15. The summed E-state index contributed by atoms with van der Waals surface area (Å²) in [6, 6.07) is 11.3. The van der Waals surface area contributed by atoms with Crippen LogP contribution in [-0.4, -0.2) is 18.3 Å². The van der Waals surface area contributed by atoms with Crippen LogP contribution in [0.3, 0.4) is 0 Å². The van der Waals surface area contributed by atoms with Gasteiger partial charge in [-0.15, -0.1) is 11.8 Å². The van der Waals surface area contributed by atoms with Crippen molar-refractivity contribution in [3.05, 3.63) is 30.3 Å². The van der Waals surface area contributed by atoms with Crippen LogP contribution in [0, 0.1) is 5.92 Å². The Bertz CT molecular complexity index is 299. The van der Waals surface area contributed by atoms with Gasteiger partial charge < -0.3 is 5.32 Å². The number of hydrogen-bond donors (Lipinski definition) is 1. The molecular weight excluding hydrogens is 238 g/mol. The van der Waals surface area contributed by atoms with Crippen LogP contribution in [-0.2, 0) is 0 Å². The van der Waals surface area contributed by atoms with Crippen LogP contribution in [0.5, 0.6) is 0 Å². The summed E-state index contributed by atoms with van der Waals surface area (Å²) in [6.45, 7) is 8.02. The summed E-state index contributed by atoms with van der Waals surface area (Å²) in [4.78, 5) is 1.37. The van der Waals surface area contributed by atoms with Crippen molar-refractivity contribution in [3.63, 3.8) is 0 Å². The quantitative estimate of drug-likeness (QED) is 0.518. The molecule has 0 aliphatic heterocycles. The molecule has 2 atom stereocenters. The molecule has 18 heavy (non-hydrogen) atoms. The molecule has 0 aromatic heterocycles. The number of nitrogens with one attached hydrogen (secondary N) is 1. The van der Waals surface area contributed by atoms with Crippen LogP contribution >= 0.6 is 11.8 Å². The SMILES string of the molecule is CCC(C)CC(CC)NCCSc1ccccc1. The fourth-order valence-corrected chi connectivity index (χ4v) is 2.80. The largest absolute Gasteiger partial charge is 0.313 e. The maximum atomic E-state index is 3.68. The van der Waals surface area contributed by atoms with Gasteiger partial charge in [-0.25, -0.2) is 0 Å². The Morgan fingerprint density at radius 1 is 1.11 bits per heavy atom. The van der Waals surface area contributed by atoms with E-state index in [-0.39, 0.29) is 0 Å². The van der Waals surface area contributed by atoms with Crippen LogP contribution in [0.15, 0.2) is 35.2 Å². The van der Waals surface area contributed by atoms with E-state index in [4.69, 9.17) is 0 Å². The van der Waals surface area contributed by atoms with Crippen LogP contribution in [0.25, 0.3) is 0 Å². The fourth-order valence-electron chi connectivity index (χ4n) is 2.00. The van der Waals surface area contributed by atoms with Gasteiger partial charge in [0.1, 0.15) is 0 Å². The topological polar surface area (TPSA) is 12.0 Å². The average molecular weight is 265 g/mol. The van der Waals surface area contributed by atoms with Crippen molar-refractivity contribution in [2.75, 3.05) is 12.3 Å². The van der Waals surface area contributed by atoms with E-state index in [2.05, 4.69) is 56.4 Å². The van der Waals surface area contributed by atoms with Crippen molar-refractivity contribution < 1.29 is 0 Å². The standard InChI is InChI=1S/C16H27NS/c1-4-14(3)13-15(5-2)17-11-12-18-16-9-7-6-8-10-16/h6-10,14-15,17H,4-5,11-13H2,1-3H3. The van der Waals surface area contributed by atoms with Crippen LogP contribution in [0.1, 0.15) is 40.0 Å².